The maximum Gasteiger partial charge on any atom is 0.279 e. The number of rotatable bonds is 5. The Balaban J connectivity index is 1.69. The Kier molecular flexibility index (Phi) is 4.84. The molecule has 0 atom stereocenters. The molecular weight excluding hydrogens is 316 g/mol. The number of aromatic amines is 1. The van der Waals surface area contributed by atoms with Crippen LogP contribution in [0.15, 0.2) is 64.5 Å². The number of H-pyrrole nitrogens is 1. The molecule has 0 radical (unpaired) electrons. The molecule has 3 rings (SSSR count). The molecule has 3 aromatic rings. The van der Waals surface area contributed by atoms with Crippen LogP contribution in [0.3, 0.4) is 0 Å². The van der Waals surface area contributed by atoms with Crippen molar-refractivity contribution < 1.29 is 0 Å². The molecule has 0 saturated carbocycles. The van der Waals surface area contributed by atoms with Gasteiger partial charge in [0, 0.05) is 25.3 Å². The number of nitrogens with one attached hydrogen (secondary N) is 2. The van der Waals surface area contributed by atoms with E-state index in [1.807, 2.05) is 73.6 Å². The fraction of sp³-hybridized carbons (Fsp3) is 0.111. The second kappa shape index (κ2) is 7.39. The highest BCUT2D eigenvalue weighted by atomic mass is 16.1. The Labute approximate surface area is 145 Å². The molecule has 7 heteroatoms. The first-order valence-electron chi connectivity index (χ1n) is 7.72. The number of hydrogen-bond acceptors (Lipinski definition) is 6. The van der Waals surface area contributed by atoms with Gasteiger partial charge >= 0.3 is 0 Å². The van der Waals surface area contributed by atoms with E-state index in [2.05, 4.69) is 25.7 Å². The molecule has 0 spiro atoms. The van der Waals surface area contributed by atoms with E-state index in [9.17, 15) is 4.79 Å². The molecule has 1 aromatic heterocycles. The van der Waals surface area contributed by atoms with Crippen molar-refractivity contribution in [3.8, 4) is 11.3 Å². The topological polar surface area (TPSA) is 86.3 Å². The molecule has 1 heterocycles. The van der Waals surface area contributed by atoms with Crippen LogP contribution < -0.4 is 15.9 Å². The van der Waals surface area contributed by atoms with Crippen LogP contribution in [0.25, 0.3) is 11.3 Å². The molecule has 25 heavy (non-hydrogen) atoms. The molecule has 0 aliphatic heterocycles. The summed E-state index contributed by atoms with van der Waals surface area (Å²) in [5.74, 6) is 0.186. The van der Waals surface area contributed by atoms with E-state index in [4.69, 9.17) is 0 Å². The van der Waals surface area contributed by atoms with Gasteiger partial charge in [0.1, 0.15) is 0 Å². The van der Waals surface area contributed by atoms with Crippen molar-refractivity contribution in [2.45, 2.75) is 0 Å². The predicted molar refractivity (Wildman–Crippen MR) is 100 cm³/mol. The van der Waals surface area contributed by atoms with E-state index in [-0.39, 0.29) is 17.2 Å². The van der Waals surface area contributed by atoms with E-state index in [0.29, 0.717) is 5.56 Å². The first-order chi connectivity index (χ1) is 12.1. The fourth-order valence-electron chi connectivity index (χ4n) is 2.20. The lowest BCUT2D eigenvalue weighted by molar-refractivity contribution is 0.947. The monoisotopic (exact) mass is 334 g/mol. The van der Waals surface area contributed by atoms with Crippen LogP contribution in [-0.2, 0) is 0 Å². The maximum absolute atomic E-state index is 12.1. The van der Waals surface area contributed by atoms with Crippen LogP contribution in [0.4, 0.5) is 11.6 Å². The first kappa shape index (κ1) is 16.4. The van der Waals surface area contributed by atoms with Gasteiger partial charge in [0.25, 0.3) is 5.56 Å². The minimum atomic E-state index is -0.325. The van der Waals surface area contributed by atoms with Crippen LogP contribution in [0, 0.1) is 0 Å². The van der Waals surface area contributed by atoms with E-state index in [0.717, 1.165) is 11.3 Å². The maximum atomic E-state index is 12.1. The van der Waals surface area contributed by atoms with E-state index >= 15 is 0 Å². The second-order valence-corrected chi connectivity index (χ2v) is 5.57. The summed E-state index contributed by atoms with van der Waals surface area (Å²) in [6.45, 7) is 0. The van der Waals surface area contributed by atoms with Crippen molar-refractivity contribution in [2.75, 3.05) is 24.4 Å². The summed E-state index contributed by atoms with van der Waals surface area (Å²) in [6, 6.07) is 17.1. The van der Waals surface area contributed by atoms with Gasteiger partial charge in [0.2, 0.25) is 5.95 Å². The van der Waals surface area contributed by atoms with Crippen molar-refractivity contribution in [3.63, 3.8) is 0 Å². The van der Waals surface area contributed by atoms with Crippen LogP contribution in [0.2, 0.25) is 0 Å². The van der Waals surface area contributed by atoms with Crippen LogP contribution >= 0.6 is 0 Å². The van der Waals surface area contributed by atoms with Crippen LogP contribution in [-0.4, -0.2) is 35.5 Å². The molecule has 7 nitrogen and oxygen atoms in total. The van der Waals surface area contributed by atoms with Gasteiger partial charge in [-0.05, 0) is 17.7 Å². The zero-order chi connectivity index (χ0) is 17.6. The number of hydrazone groups is 1. The van der Waals surface area contributed by atoms with Gasteiger partial charge in [0.05, 0.1) is 6.21 Å². The number of anilines is 2. The number of benzene rings is 2. The Bertz CT molecular complexity index is 916. The summed E-state index contributed by atoms with van der Waals surface area (Å²) < 4.78 is 0. The lowest BCUT2D eigenvalue weighted by atomic mass is 10.2. The van der Waals surface area contributed by atoms with Crippen molar-refractivity contribution in [3.05, 3.63) is 70.5 Å². The van der Waals surface area contributed by atoms with Gasteiger partial charge in [-0.25, -0.2) is 5.43 Å². The van der Waals surface area contributed by atoms with Gasteiger partial charge in [-0.15, -0.1) is 10.2 Å². The molecule has 0 amide bonds. The van der Waals surface area contributed by atoms with Crippen molar-refractivity contribution in [2.24, 2.45) is 5.10 Å². The summed E-state index contributed by atoms with van der Waals surface area (Å²) in [5, 5.41) is 12.0. The van der Waals surface area contributed by atoms with Crippen LogP contribution in [0.5, 0.6) is 0 Å². The van der Waals surface area contributed by atoms with Crippen LogP contribution in [0.1, 0.15) is 5.56 Å². The quantitative estimate of drug-likeness (QED) is 0.552. The third-order valence-corrected chi connectivity index (χ3v) is 3.54. The summed E-state index contributed by atoms with van der Waals surface area (Å²) in [7, 11) is 3.97. The standard InChI is InChI=1S/C18H18N6O/c1-24(2)15-10-8-13(9-11-15)12-19-22-18-20-17(25)16(21-23-18)14-6-4-3-5-7-14/h3-12H,1-2H3,(H2,20,22,23,25)/b19-12+. The normalized spacial score (nSPS) is 10.8. The second-order valence-electron chi connectivity index (χ2n) is 5.57. The predicted octanol–water partition coefficient (Wildman–Crippen LogP) is 2.34. The Morgan fingerprint density at radius 3 is 2.40 bits per heavy atom. The fourth-order valence-corrected chi connectivity index (χ4v) is 2.20. The van der Waals surface area contributed by atoms with Crippen molar-refractivity contribution in [1.29, 1.82) is 0 Å². The number of nitrogens with zero attached hydrogens (tertiary/aromatic N) is 4. The largest absolute Gasteiger partial charge is 0.378 e. The minimum Gasteiger partial charge on any atom is -0.378 e. The van der Waals surface area contributed by atoms with Crippen molar-refractivity contribution in [1.82, 2.24) is 15.2 Å². The van der Waals surface area contributed by atoms with Gasteiger partial charge in [0.15, 0.2) is 5.69 Å². The third kappa shape index (κ3) is 4.08. The number of hydrogen-bond donors (Lipinski definition) is 2. The molecule has 126 valence electrons. The molecular formula is C18H18N6O. The van der Waals surface area contributed by atoms with Gasteiger partial charge in [-0.1, -0.05) is 42.5 Å². The molecule has 0 saturated heterocycles. The highest BCUT2D eigenvalue weighted by molar-refractivity contribution is 5.80. The van der Waals surface area contributed by atoms with E-state index in [1.165, 1.54) is 0 Å². The smallest absolute Gasteiger partial charge is 0.279 e. The van der Waals surface area contributed by atoms with Crippen molar-refractivity contribution >= 4 is 17.9 Å². The minimum absolute atomic E-state index is 0.186. The molecule has 0 unspecified atom stereocenters. The van der Waals surface area contributed by atoms with Gasteiger partial charge in [-0.3, -0.25) is 9.78 Å². The average molecular weight is 334 g/mol. The molecule has 0 aliphatic carbocycles. The lowest BCUT2D eigenvalue weighted by Gasteiger charge is -2.11. The summed E-state index contributed by atoms with van der Waals surface area (Å²) in [5.41, 5.74) is 5.38. The Hall–Kier alpha value is -3.48. The summed E-state index contributed by atoms with van der Waals surface area (Å²) in [4.78, 5) is 16.8. The lowest BCUT2D eigenvalue weighted by Crippen LogP contribution is -2.15. The first-order valence-corrected chi connectivity index (χ1v) is 7.72. The molecule has 0 aliphatic rings. The zero-order valence-corrected chi connectivity index (χ0v) is 14.0. The highest BCUT2D eigenvalue weighted by Gasteiger charge is 2.06. The molecule has 2 N–H and O–H groups in total. The zero-order valence-electron chi connectivity index (χ0n) is 14.0. The average Bonchev–Trinajstić information content (AvgIpc) is 2.63. The molecule has 0 bridgehead atoms. The third-order valence-electron chi connectivity index (χ3n) is 3.54. The Morgan fingerprint density at radius 1 is 1.04 bits per heavy atom. The SMILES string of the molecule is CN(C)c1ccc(/C=N/Nc2nnc(-c3ccccc3)c(=O)[nH]2)cc1. The number of aromatic nitrogens is 3. The molecule has 0 fully saturated rings. The summed E-state index contributed by atoms with van der Waals surface area (Å²) >= 11 is 0. The summed E-state index contributed by atoms with van der Waals surface area (Å²) in [6.07, 6.45) is 1.64. The van der Waals surface area contributed by atoms with E-state index < -0.39 is 0 Å². The van der Waals surface area contributed by atoms with Gasteiger partial charge < -0.3 is 4.90 Å². The Morgan fingerprint density at radius 2 is 1.76 bits per heavy atom. The van der Waals surface area contributed by atoms with Gasteiger partial charge in [-0.2, -0.15) is 5.10 Å². The highest BCUT2D eigenvalue weighted by Crippen LogP contribution is 2.12. The molecule has 2 aromatic carbocycles. The van der Waals surface area contributed by atoms with E-state index in [1.54, 1.807) is 6.21 Å².